The molecule has 2 saturated heterocycles. The molecule has 0 saturated carbocycles. The van der Waals surface area contributed by atoms with Gasteiger partial charge in [0.2, 0.25) is 0 Å². The summed E-state index contributed by atoms with van der Waals surface area (Å²) in [7, 11) is 0. The molecule has 2 aliphatic rings. The maximum absolute atomic E-state index is 3.65. The van der Waals surface area contributed by atoms with Crippen molar-refractivity contribution in [1.82, 2.24) is 10.2 Å². The summed E-state index contributed by atoms with van der Waals surface area (Å²) in [6, 6.07) is 0. The first kappa shape index (κ1) is 8.52. The third-order valence-electron chi connectivity index (χ3n) is 3.12. The quantitative estimate of drug-likeness (QED) is 0.590. The molecule has 1 N–H and O–H groups in total. The third kappa shape index (κ3) is 1.99. The molecule has 0 aromatic heterocycles. The summed E-state index contributed by atoms with van der Waals surface area (Å²) in [4.78, 5) is 2.65. The first-order chi connectivity index (χ1) is 5.97. The molecule has 0 amide bonds. The number of nitrogens with zero attached hydrogens (tertiary/aromatic N) is 1. The van der Waals surface area contributed by atoms with E-state index >= 15 is 0 Å². The van der Waals surface area contributed by atoms with Crippen LogP contribution in [0.3, 0.4) is 0 Å². The summed E-state index contributed by atoms with van der Waals surface area (Å²) in [6.45, 7) is 3.90. The Morgan fingerprint density at radius 1 is 0.917 bits per heavy atom. The molecule has 2 fully saturated rings. The standard InChI is InChI=1S/C10H20N2/c1-2-6-10-11-7-3-5-9-12(10)8-4-1/h10-11H,1-9H2. The van der Waals surface area contributed by atoms with Crippen molar-refractivity contribution in [3.63, 3.8) is 0 Å². The van der Waals surface area contributed by atoms with Gasteiger partial charge in [-0.3, -0.25) is 4.90 Å². The van der Waals surface area contributed by atoms with Crippen LogP contribution in [0.15, 0.2) is 0 Å². The predicted octanol–water partition coefficient (Wildman–Crippen LogP) is 1.57. The van der Waals surface area contributed by atoms with E-state index in [1.165, 1.54) is 58.2 Å². The molecule has 2 heteroatoms. The predicted molar refractivity (Wildman–Crippen MR) is 51.1 cm³/mol. The van der Waals surface area contributed by atoms with Gasteiger partial charge >= 0.3 is 0 Å². The molecular weight excluding hydrogens is 148 g/mol. The zero-order valence-electron chi connectivity index (χ0n) is 7.89. The van der Waals surface area contributed by atoms with Gasteiger partial charge in [-0.15, -0.1) is 0 Å². The maximum Gasteiger partial charge on any atom is 0.0597 e. The average molecular weight is 168 g/mol. The van der Waals surface area contributed by atoms with Gasteiger partial charge in [0, 0.05) is 0 Å². The lowest BCUT2D eigenvalue weighted by Gasteiger charge is -2.27. The van der Waals surface area contributed by atoms with E-state index in [9.17, 15) is 0 Å². The second-order valence-corrected chi connectivity index (χ2v) is 4.06. The van der Waals surface area contributed by atoms with Crippen LogP contribution >= 0.6 is 0 Å². The molecule has 1 atom stereocenters. The molecule has 0 aliphatic carbocycles. The second-order valence-electron chi connectivity index (χ2n) is 4.06. The molecule has 0 bridgehead atoms. The minimum absolute atomic E-state index is 0.718. The largest absolute Gasteiger partial charge is 0.302 e. The number of fused-ring (bicyclic) bond motifs is 1. The van der Waals surface area contributed by atoms with Gasteiger partial charge in [-0.05, 0) is 45.3 Å². The Kier molecular flexibility index (Phi) is 3.01. The van der Waals surface area contributed by atoms with Crippen molar-refractivity contribution in [1.29, 1.82) is 0 Å². The lowest BCUT2D eigenvalue weighted by atomic mass is 10.2. The highest BCUT2D eigenvalue weighted by Gasteiger charge is 2.21. The van der Waals surface area contributed by atoms with Crippen LogP contribution in [-0.2, 0) is 0 Å². The lowest BCUT2D eigenvalue weighted by molar-refractivity contribution is 0.185. The Balaban J connectivity index is 1.94. The van der Waals surface area contributed by atoms with E-state index in [2.05, 4.69) is 10.2 Å². The van der Waals surface area contributed by atoms with E-state index in [0.717, 1.165) is 6.17 Å². The molecule has 2 nitrogen and oxygen atoms in total. The first-order valence-corrected chi connectivity index (χ1v) is 5.44. The summed E-state index contributed by atoms with van der Waals surface area (Å²) in [5.41, 5.74) is 0. The first-order valence-electron chi connectivity index (χ1n) is 5.44. The van der Waals surface area contributed by atoms with Crippen molar-refractivity contribution in [3.05, 3.63) is 0 Å². The van der Waals surface area contributed by atoms with E-state index in [-0.39, 0.29) is 0 Å². The Morgan fingerprint density at radius 3 is 2.67 bits per heavy atom. The van der Waals surface area contributed by atoms with Crippen LogP contribution in [0, 0.1) is 0 Å². The van der Waals surface area contributed by atoms with E-state index in [1.807, 2.05) is 0 Å². The van der Waals surface area contributed by atoms with E-state index in [1.54, 1.807) is 0 Å². The van der Waals surface area contributed by atoms with Gasteiger partial charge in [0.15, 0.2) is 0 Å². The minimum Gasteiger partial charge on any atom is -0.302 e. The molecule has 12 heavy (non-hydrogen) atoms. The highest BCUT2D eigenvalue weighted by Crippen LogP contribution is 2.17. The highest BCUT2D eigenvalue weighted by molar-refractivity contribution is 4.76. The van der Waals surface area contributed by atoms with Crippen molar-refractivity contribution in [2.24, 2.45) is 0 Å². The van der Waals surface area contributed by atoms with Crippen LogP contribution in [0.1, 0.15) is 38.5 Å². The Bertz CT molecular complexity index is 108. The fourth-order valence-electron chi connectivity index (χ4n) is 2.38. The molecule has 0 radical (unpaired) electrons. The van der Waals surface area contributed by atoms with Gasteiger partial charge in [0.25, 0.3) is 0 Å². The van der Waals surface area contributed by atoms with Crippen molar-refractivity contribution in [2.75, 3.05) is 19.6 Å². The Hall–Kier alpha value is -0.0800. The summed E-state index contributed by atoms with van der Waals surface area (Å²) >= 11 is 0. The van der Waals surface area contributed by atoms with E-state index in [4.69, 9.17) is 0 Å². The monoisotopic (exact) mass is 168 g/mol. The number of nitrogens with one attached hydrogen (secondary N) is 1. The van der Waals surface area contributed by atoms with E-state index < -0.39 is 0 Å². The normalized spacial score (nSPS) is 33.5. The Morgan fingerprint density at radius 2 is 1.75 bits per heavy atom. The molecule has 70 valence electrons. The number of hydrogen-bond acceptors (Lipinski definition) is 2. The fraction of sp³-hybridized carbons (Fsp3) is 1.00. The molecule has 0 aromatic carbocycles. The SMILES string of the molecule is C1CCC2NCCCCN2CC1. The topological polar surface area (TPSA) is 15.3 Å². The van der Waals surface area contributed by atoms with Crippen molar-refractivity contribution in [2.45, 2.75) is 44.7 Å². The van der Waals surface area contributed by atoms with Gasteiger partial charge in [0.05, 0.1) is 6.17 Å². The number of hydrogen-bond donors (Lipinski definition) is 1. The molecule has 2 rings (SSSR count). The Labute approximate surface area is 75.3 Å². The van der Waals surface area contributed by atoms with Gasteiger partial charge in [-0.2, -0.15) is 0 Å². The smallest absolute Gasteiger partial charge is 0.0597 e. The summed E-state index contributed by atoms with van der Waals surface area (Å²) in [6.07, 6.45) is 9.13. The van der Waals surface area contributed by atoms with Gasteiger partial charge < -0.3 is 5.32 Å². The highest BCUT2D eigenvalue weighted by atomic mass is 15.3. The lowest BCUT2D eigenvalue weighted by Crippen LogP contribution is -2.43. The van der Waals surface area contributed by atoms with Crippen LogP contribution in [0.25, 0.3) is 0 Å². The molecule has 1 unspecified atom stereocenters. The molecular formula is C10H20N2. The summed E-state index contributed by atoms with van der Waals surface area (Å²) < 4.78 is 0. The molecule has 0 spiro atoms. The van der Waals surface area contributed by atoms with Crippen molar-refractivity contribution >= 4 is 0 Å². The average Bonchev–Trinajstić information content (AvgIpc) is 2.38. The summed E-state index contributed by atoms with van der Waals surface area (Å²) in [5, 5.41) is 3.65. The van der Waals surface area contributed by atoms with Crippen molar-refractivity contribution in [3.8, 4) is 0 Å². The zero-order valence-corrected chi connectivity index (χ0v) is 7.89. The van der Waals surface area contributed by atoms with Crippen LogP contribution in [0.2, 0.25) is 0 Å². The molecule has 2 heterocycles. The van der Waals surface area contributed by atoms with Crippen LogP contribution in [0.5, 0.6) is 0 Å². The summed E-state index contributed by atoms with van der Waals surface area (Å²) in [5.74, 6) is 0. The van der Waals surface area contributed by atoms with E-state index in [0.29, 0.717) is 0 Å². The number of rotatable bonds is 0. The third-order valence-corrected chi connectivity index (χ3v) is 3.12. The van der Waals surface area contributed by atoms with Gasteiger partial charge in [-0.25, -0.2) is 0 Å². The van der Waals surface area contributed by atoms with Gasteiger partial charge in [0.1, 0.15) is 0 Å². The molecule has 2 aliphatic heterocycles. The maximum atomic E-state index is 3.65. The van der Waals surface area contributed by atoms with Gasteiger partial charge in [-0.1, -0.05) is 12.8 Å². The second kappa shape index (κ2) is 4.24. The molecule has 0 aromatic rings. The van der Waals surface area contributed by atoms with Crippen LogP contribution < -0.4 is 5.32 Å². The fourth-order valence-corrected chi connectivity index (χ4v) is 2.38. The van der Waals surface area contributed by atoms with Crippen LogP contribution in [0.4, 0.5) is 0 Å². The minimum atomic E-state index is 0.718. The zero-order chi connectivity index (χ0) is 8.23. The van der Waals surface area contributed by atoms with Crippen molar-refractivity contribution < 1.29 is 0 Å². The van der Waals surface area contributed by atoms with Crippen LogP contribution in [-0.4, -0.2) is 30.7 Å².